The van der Waals surface area contributed by atoms with Gasteiger partial charge in [-0.15, -0.1) is 10.2 Å². The van der Waals surface area contributed by atoms with Crippen molar-refractivity contribution in [2.45, 2.75) is 18.6 Å². The molecule has 0 bridgehead atoms. The van der Waals surface area contributed by atoms with Crippen molar-refractivity contribution in [1.82, 2.24) is 19.7 Å². The van der Waals surface area contributed by atoms with Gasteiger partial charge in [-0.05, 0) is 42.3 Å². The quantitative estimate of drug-likeness (QED) is 0.441. The van der Waals surface area contributed by atoms with Crippen LogP contribution in [0.1, 0.15) is 6.92 Å². The van der Waals surface area contributed by atoms with Crippen LogP contribution in [0.3, 0.4) is 0 Å². The Hall–Kier alpha value is -3.45. The van der Waals surface area contributed by atoms with Crippen LogP contribution >= 0.6 is 11.8 Å². The molecule has 4 aromatic rings. The number of carbonyl (C=O) groups excluding carboxylic acids is 1. The number of amides is 1. The van der Waals surface area contributed by atoms with Crippen molar-refractivity contribution in [3.8, 4) is 22.5 Å². The van der Waals surface area contributed by atoms with E-state index in [9.17, 15) is 4.79 Å². The molecule has 0 saturated heterocycles. The average Bonchev–Trinajstić information content (AvgIpc) is 3.22. The molecule has 0 aliphatic heterocycles. The van der Waals surface area contributed by atoms with Crippen LogP contribution in [0.25, 0.3) is 22.5 Å². The topological polar surface area (TPSA) is 72.7 Å². The van der Waals surface area contributed by atoms with Crippen LogP contribution in [0.5, 0.6) is 0 Å². The Bertz CT molecular complexity index is 1110. The number of rotatable bonds is 7. The highest BCUT2D eigenvalue weighted by molar-refractivity contribution is 7.99. The number of nitrogens with one attached hydrogen (secondary N) is 1. The molecule has 0 spiro atoms. The number of carbonyl (C=O) groups is 1. The van der Waals surface area contributed by atoms with Crippen LogP contribution in [-0.2, 0) is 11.3 Å². The standard InChI is InChI=1S/C23H21N5OS/c1-2-28-22(19-12-14-24-15-13-19)26-27-23(28)30-16-21(29)25-20-10-8-18(9-11-20)17-6-4-3-5-7-17/h3-15H,2,16H2,1H3,(H,25,29). The van der Waals surface area contributed by atoms with Gasteiger partial charge < -0.3 is 9.88 Å². The van der Waals surface area contributed by atoms with Crippen molar-refractivity contribution in [2.24, 2.45) is 0 Å². The molecule has 6 nitrogen and oxygen atoms in total. The third-order valence-corrected chi connectivity index (χ3v) is 5.55. The molecule has 0 unspecified atom stereocenters. The van der Waals surface area contributed by atoms with Gasteiger partial charge in [0.05, 0.1) is 5.75 Å². The molecule has 0 fully saturated rings. The fourth-order valence-corrected chi connectivity index (χ4v) is 3.90. The summed E-state index contributed by atoms with van der Waals surface area (Å²) in [7, 11) is 0. The van der Waals surface area contributed by atoms with Crippen molar-refractivity contribution in [1.29, 1.82) is 0 Å². The van der Waals surface area contributed by atoms with E-state index >= 15 is 0 Å². The number of hydrogen-bond donors (Lipinski definition) is 1. The van der Waals surface area contributed by atoms with E-state index in [0.29, 0.717) is 0 Å². The summed E-state index contributed by atoms with van der Waals surface area (Å²) in [6.45, 7) is 2.75. The summed E-state index contributed by atoms with van der Waals surface area (Å²) in [5.74, 6) is 0.956. The van der Waals surface area contributed by atoms with Gasteiger partial charge in [0.15, 0.2) is 11.0 Å². The van der Waals surface area contributed by atoms with Gasteiger partial charge in [0.25, 0.3) is 0 Å². The predicted molar refractivity (Wildman–Crippen MR) is 120 cm³/mol. The Labute approximate surface area is 179 Å². The maximum atomic E-state index is 12.4. The average molecular weight is 416 g/mol. The van der Waals surface area contributed by atoms with Gasteiger partial charge in [0.1, 0.15) is 0 Å². The first-order valence-electron chi connectivity index (χ1n) is 9.66. The van der Waals surface area contributed by atoms with E-state index in [1.807, 2.05) is 66.1 Å². The molecular weight excluding hydrogens is 394 g/mol. The van der Waals surface area contributed by atoms with E-state index in [-0.39, 0.29) is 11.7 Å². The molecule has 2 aromatic heterocycles. The number of benzene rings is 2. The van der Waals surface area contributed by atoms with E-state index < -0.39 is 0 Å². The Morgan fingerprint density at radius 3 is 2.30 bits per heavy atom. The molecule has 0 saturated carbocycles. The molecule has 0 radical (unpaired) electrons. The third kappa shape index (κ3) is 4.58. The fourth-order valence-electron chi connectivity index (χ4n) is 3.10. The van der Waals surface area contributed by atoms with Gasteiger partial charge >= 0.3 is 0 Å². The van der Waals surface area contributed by atoms with Crippen LogP contribution in [0.4, 0.5) is 5.69 Å². The lowest BCUT2D eigenvalue weighted by Crippen LogP contribution is -2.14. The minimum absolute atomic E-state index is 0.0800. The second kappa shape index (κ2) is 9.37. The van der Waals surface area contributed by atoms with Crippen LogP contribution < -0.4 is 5.32 Å². The molecule has 7 heteroatoms. The van der Waals surface area contributed by atoms with Gasteiger partial charge in [0, 0.05) is 30.2 Å². The molecule has 2 heterocycles. The molecule has 150 valence electrons. The maximum absolute atomic E-state index is 12.4. The molecule has 2 aromatic carbocycles. The fraction of sp³-hybridized carbons (Fsp3) is 0.130. The van der Waals surface area contributed by atoms with Gasteiger partial charge in [-0.3, -0.25) is 9.78 Å². The monoisotopic (exact) mass is 415 g/mol. The normalized spacial score (nSPS) is 10.7. The van der Waals surface area contributed by atoms with Crippen molar-refractivity contribution in [2.75, 3.05) is 11.1 Å². The van der Waals surface area contributed by atoms with Crippen molar-refractivity contribution in [3.63, 3.8) is 0 Å². The van der Waals surface area contributed by atoms with Crippen molar-refractivity contribution >= 4 is 23.4 Å². The number of anilines is 1. The second-order valence-electron chi connectivity index (χ2n) is 6.57. The summed E-state index contributed by atoms with van der Waals surface area (Å²) in [6.07, 6.45) is 3.46. The van der Waals surface area contributed by atoms with Crippen LogP contribution in [0.2, 0.25) is 0 Å². The van der Waals surface area contributed by atoms with E-state index in [1.165, 1.54) is 11.8 Å². The Kier molecular flexibility index (Phi) is 6.20. The first-order chi connectivity index (χ1) is 14.7. The van der Waals surface area contributed by atoms with Gasteiger partial charge in [-0.25, -0.2) is 0 Å². The van der Waals surface area contributed by atoms with E-state index in [4.69, 9.17) is 0 Å². The number of nitrogens with zero attached hydrogens (tertiary/aromatic N) is 4. The highest BCUT2D eigenvalue weighted by Gasteiger charge is 2.14. The minimum Gasteiger partial charge on any atom is -0.325 e. The van der Waals surface area contributed by atoms with Crippen LogP contribution in [0.15, 0.2) is 84.3 Å². The first kappa shape index (κ1) is 19.8. The lowest BCUT2D eigenvalue weighted by Gasteiger charge is -2.08. The zero-order chi connectivity index (χ0) is 20.8. The highest BCUT2D eigenvalue weighted by atomic mass is 32.2. The maximum Gasteiger partial charge on any atom is 0.234 e. The predicted octanol–water partition coefficient (Wildman–Crippen LogP) is 4.76. The van der Waals surface area contributed by atoms with Gasteiger partial charge in [-0.1, -0.05) is 54.2 Å². The minimum atomic E-state index is -0.0800. The number of aromatic nitrogens is 4. The Morgan fingerprint density at radius 2 is 1.60 bits per heavy atom. The van der Waals surface area contributed by atoms with E-state index in [0.717, 1.165) is 39.9 Å². The van der Waals surface area contributed by atoms with Crippen molar-refractivity contribution in [3.05, 3.63) is 79.1 Å². The molecule has 1 N–H and O–H groups in total. The molecule has 0 atom stereocenters. The molecule has 0 aliphatic rings. The van der Waals surface area contributed by atoms with Gasteiger partial charge in [-0.2, -0.15) is 0 Å². The molecule has 30 heavy (non-hydrogen) atoms. The summed E-state index contributed by atoms with van der Waals surface area (Å²) in [5, 5.41) is 12.2. The zero-order valence-electron chi connectivity index (χ0n) is 16.5. The second-order valence-corrected chi connectivity index (χ2v) is 7.51. The van der Waals surface area contributed by atoms with Crippen LogP contribution in [0, 0.1) is 0 Å². The number of pyridine rings is 1. The Balaban J connectivity index is 1.38. The number of hydrogen-bond acceptors (Lipinski definition) is 5. The molecule has 1 amide bonds. The summed E-state index contributed by atoms with van der Waals surface area (Å²) in [6, 6.07) is 21.8. The largest absolute Gasteiger partial charge is 0.325 e. The Morgan fingerprint density at radius 1 is 0.900 bits per heavy atom. The lowest BCUT2D eigenvalue weighted by molar-refractivity contribution is -0.113. The van der Waals surface area contributed by atoms with E-state index in [1.54, 1.807) is 12.4 Å². The smallest absolute Gasteiger partial charge is 0.234 e. The van der Waals surface area contributed by atoms with Crippen LogP contribution in [-0.4, -0.2) is 31.4 Å². The lowest BCUT2D eigenvalue weighted by atomic mass is 10.1. The molecule has 0 aliphatic carbocycles. The molecule has 4 rings (SSSR count). The molecular formula is C23H21N5OS. The SMILES string of the molecule is CCn1c(SCC(=O)Nc2ccc(-c3ccccc3)cc2)nnc1-c1ccncc1. The highest BCUT2D eigenvalue weighted by Crippen LogP contribution is 2.24. The summed E-state index contributed by atoms with van der Waals surface area (Å²) in [5.41, 5.74) is 3.99. The summed E-state index contributed by atoms with van der Waals surface area (Å²) in [4.78, 5) is 16.5. The van der Waals surface area contributed by atoms with E-state index in [2.05, 4.69) is 32.6 Å². The summed E-state index contributed by atoms with van der Waals surface area (Å²) < 4.78 is 2.00. The third-order valence-electron chi connectivity index (χ3n) is 4.58. The zero-order valence-corrected chi connectivity index (χ0v) is 17.3. The van der Waals surface area contributed by atoms with Crippen molar-refractivity contribution < 1.29 is 4.79 Å². The number of thioether (sulfide) groups is 1. The first-order valence-corrected chi connectivity index (χ1v) is 10.6. The van der Waals surface area contributed by atoms with Gasteiger partial charge in [0.2, 0.25) is 5.91 Å². The summed E-state index contributed by atoms with van der Waals surface area (Å²) >= 11 is 1.38.